The van der Waals surface area contributed by atoms with Gasteiger partial charge in [-0.15, -0.1) is 0 Å². The lowest BCUT2D eigenvalue weighted by molar-refractivity contribution is -0.136. The van der Waals surface area contributed by atoms with E-state index in [1.807, 2.05) is 51.8 Å². The molecular formula is C27H31ClIN3O2. The van der Waals surface area contributed by atoms with Gasteiger partial charge in [0.25, 0.3) is 0 Å². The van der Waals surface area contributed by atoms with Gasteiger partial charge in [-0.05, 0) is 74.3 Å². The number of pyridine rings is 1. The average Bonchev–Trinajstić information content (AvgIpc) is 3.33. The molecule has 1 amide bonds. The van der Waals surface area contributed by atoms with Crippen LogP contribution in [0.1, 0.15) is 66.6 Å². The molecule has 2 saturated heterocycles. The third-order valence-corrected chi connectivity index (χ3v) is 8.56. The van der Waals surface area contributed by atoms with Crippen LogP contribution in [0.4, 0.5) is 0 Å². The highest BCUT2D eigenvalue weighted by atomic mass is 127. The minimum atomic E-state index is -0.349. The predicted octanol–water partition coefficient (Wildman–Crippen LogP) is 5.34. The molecule has 0 spiro atoms. The van der Waals surface area contributed by atoms with Gasteiger partial charge >= 0.3 is 0 Å². The van der Waals surface area contributed by atoms with Gasteiger partial charge in [0, 0.05) is 71.1 Å². The maximum absolute atomic E-state index is 13.3. The van der Waals surface area contributed by atoms with Crippen molar-refractivity contribution >= 4 is 43.9 Å². The summed E-state index contributed by atoms with van der Waals surface area (Å²) in [5.41, 5.74) is 4.84. The molecule has 3 aliphatic rings. The standard InChI is InChI=1S/C27H31ClIN3O2/c28-22-6-3-5-20(16-22)25(26(29)33)32-15-12-21(17-32)27(34)31-13-10-19(11-14-31)24-9-8-18-4-1-2-7-23(18)30-24/h3,5-6,8-9,16,19,21,25H,1-2,4,7,10-15,17H2/t21-,25-/m1/s1. The lowest BCUT2D eigenvalue weighted by Crippen LogP contribution is -2.42. The number of halogens is 2. The van der Waals surface area contributed by atoms with Gasteiger partial charge in [-0.1, -0.05) is 29.8 Å². The van der Waals surface area contributed by atoms with E-state index in [0.717, 1.165) is 57.3 Å². The molecule has 34 heavy (non-hydrogen) atoms. The Morgan fingerprint density at radius 1 is 1.03 bits per heavy atom. The average molecular weight is 592 g/mol. The Hall–Kier alpha value is -1.51. The molecule has 0 radical (unpaired) electrons. The topological polar surface area (TPSA) is 53.5 Å². The summed E-state index contributed by atoms with van der Waals surface area (Å²) in [5, 5.41) is 0.628. The van der Waals surface area contributed by atoms with Gasteiger partial charge in [0.15, 0.2) is 0 Å². The summed E-state index contributed by atoms with van der Waals surface area (Å²) in [7, 11) is 0. The van der Waals surface area contributed by atoms with E-state index in [2.05, 4.69) is 17.0 Å². The Kier molecular flexibility index (Phi) is 7.56. The number of amides is 1. The van der Waals surface area contributed by atoms with Gasteiger partial charge in [0.2, 0.25) is 9.70 Å². The highest BCUT2D eigenvalue weighted by Crippen LogP contribution is 2.34. The zero-order chi connectivity index (χ0) is 23.7. The normalized spacial score (nSPS) is 22.4. The number of carbonyl (C=O) groups excluding carboxylic acids is 2. The number of piperidine rings is 1. The van der Waals surface area contributed by atoms with Crippen LogP contribution >= 0.6 is 34.2 Å². The number of carbonyl (C=O) groups is 2. The third-order valence-electron chi connectivity index (χ3n) is 7.74. The van der Waals surface area contributed by atoms with Crippen molar-refractivity contribution in [3.8, 4) is 0 Å². The SMILES string of the molecule is O=C(I)[C@@H](c1cccc(Cl)c1)N1CC[C@@H](C(=O)N2CCC(c3ccc4c(n3)CCCC4)CC2)C1. The summed E-state index contributed by atoms with van der Waals surface area (Å²) in [5.74, 6) is 0.640. The minimum Gasteiger partial charge on any atom is -0.342 e. The quantitative estimate of drug-likeness (QED) is 0.348. The smallest absolute Gasteiger partial charge is 0.227 e. The Balaban J connectivity index is 1.19. The largest absolute Gasteiger partial charge is 0.342 e. The number of nitrogens with zero attached hydrogens (tertiary/aromatic N) is 3. The van der Waals surface area contributed by atoms with Crippen LogP contribution in [0.5, 0.6) is 0 Å². The first-order valence-electron chi connectivity index (χ1n) is 12.5. The molecule has 5 nitrogen and oxygen atoms in total. The highest BCUT2D eigenvalue weighted by Gasteiger charge is 2.38. The number of rotatable bonds is 5. The minimum absolute atomic E-state index is 0.0455. The molecule has 3 heterocycles. The van der Waals surface area contributed by atoms with Crippen LogP contribution in [-0.4, -0.2) is 50.7 Å². The Labute approximate surface area is 220 Å². The molecule has 5 rings (SSSR count). The first-order valence-corrected chi connectivity index (χ1v) is 13.9. The van der Waals surface area contributed by atoms with Crippen LogP contribution in [0.3, 0.4) is 0 Å². The molecule has 0 unspecified atom stereocenters. The summed E-state index contributed by atoms with van der Waals surface area (Å²) in [6.07, 6.45) is 7.54. The first-order chi connectivity index (χ1) is 16.5. The highest BCUT2D eigenvalue weighted by molar-refractivity contribution is 14.1. The summed E-state index contributed by atoms with van der Waals surface area (Å²) in [4.78, 5) is 35.0. The molecule has 1 aliphatic carbocycles. The maximum Gasteiger partial charge on any atom is 0.227 e. The molecule has 1 aromatic carbocycles. The van der Waals surface area contributed by atoms with E-state index in [4.69, 9.17) is 16.6 Å². The molecule has 2 aromatic rings. The number of hydrogen-bond donors (Lipinski definition) is 0. The van der Waals surface area contributed by atoms with Gasteiger partial charge in [0.1, 0.15) is 6.04 Å². The second kappa shape index (κ2) is 10.6. The monoisotopic (exact) mass is 591 g/mol. The summed E-state index contributed by atoms with van der Waals surface area (Å²) in [6.45, 7) is 2.96. The fraction of sp³-hybridized carbons (Fsp3) is 0.519. The predicted molar refractivity (Wildman–Crippen MR) is 142 cm³/mol. The maximum atomic E-state index is 13.3. The summed E-state index contributed by atoms with van der Waals surface area (Å²) >= 11 is 8.05. The summed E-state index contributed by atoms with van der Waals surface area (Å²) in [6, 6.07) is 11.7. The molecular weight excluding hydrogens is 561 g/mol. The zero-order valence-electron chi connectivity index (χ0n) is 19.4. The van der Waals surface area contributed by atoms with Crippen LogP contribution in [0.25, 0.3) is 0 Å². The van der Waals surface area contributed by atoms with E-state index < -0.39 is 0 Å². The molecule has 0 N–H and O–H groups in total. The molecule has 2 aliphatic heterocycles. The third kappa shape index (κ3) is 5.19. The van der Waals surface area contributed by atoms with Gasteiger partial charge in [-0.2, -0.15) is 0 Å². The van der Waals surface area contributed by atoms with Crippen molar-refractivity contribution in [1.82, 2.24) is 14.8 Å². The fourth-order valence-corrected chi connectivity index (χ4v) is 6.82. The van der Waals surface area contributed by atoms with Crippen molar-refractivity contribution in [2.24, 2.45) is 5.92 Å². The fourth-order valence-electron chi connectivity index (χ4n) is 5.87. The van der Waals surface area contributed by atoms with E-state index in [0.29, 0.717) is 17.5 Å². The second-order valence-electron chi connectivity index (χ2n) is 9.89. The van der Waals surface area contributed by atoms with Crippen molar-refractivity contribution in [2.45, 2.75) is 56.9 Å². The van der Waals surface area contributed by atoms with Crippen LogP contribution < -0.4 is 0 Å². The molecule has 0 bridgehead atoms. The Morgan fingerprint density at radius 3 is 2.59 bits per heavy atom. The zero-order valence-corrected chi connectivity index (χ0v) is 22.3. The molecule has 1 aromatic heterocycles. The van der Waals surface area contributed by atoms with E-state index in [1.165, 1.54) is 29.8 Å². The van der Waals surface area contributed by atoms with E-state index in [1.54, 1.807) is 0 Å². The molecule has 7 heteroatoms. The number of aryl methyl sites for hydroxylation is 2. The van der Waals surface area contributed by atoms with Crippen molar-refractivity contribution in [3.63, 3.8) is 0 Å². The van der Waals surface area contributed by atoms with E-state index in [-0.39, 0.29) is 21.7 Å². The first kappa shape index (κ1) is 24.2. The number of hydrogen-bond acceptors (Lipinski definition) is 4. The summed E-state index contributed by atoms with van der Waals surface area (Å²) < 4.78 is 0.0614. The lowest BCUT2D eigenvalue weighted by Gasteiger charge is -2.34. The van der Waals surface area contributed by atoms with Crippen LogP contribution in [0, 0.1) is 5.92 Å². The van der Waals surface area contributed by atoms with Crippen molar-refractivity contribution in [1.29, 1.82) is 0 Å². The Bertz CT molecular complexity index is 1070. The number of fused-ring (bicyclic) bond motifs is 1. The van der Waals surface area contributed by atoms with Crippen molar-refractivity contribution in [2.75, 3.05) is 26.2 Å². The van der Waals surface area contributed by atoms with Crippen molar-refractivity contribution < 1.29 is 9.59 Å². The lowest BCUT2D eigenvalue weighted by atomic mass is 9.90. The number of benzene rings is 1. The van der Waals surface area contributed by atoms with Gasteiger partial charge < -0.3 is 4.90 Å². The second-order valence-corrected chi connectivity index (χ2v) is 11.4. The van der Waals surface area contributed by atoms with E-state index in [9.17, 15) is 9.59 Å². The molecule has 180 valence electrons. The number of likely N-dealkylation sites (tertiary alicyclic amines) is 2. The van der Waals surface area contributed by atoms with Crippen LogP contribution in [0.2, 0.25) is 5.02 Å². The van der Waals surface area contributed by atoms with Crippen LogP contribution in [-0.2, 0) is 22.4 Å². The van der Waals surface area contributed by atoms with Crippen LogP contribution in [0.15, 0.2) is 36.4 Å². The molecule has 2 fully saturated rings. The van der Waals surface area contributed by atoms with Gasteiger partial charge in [-0.25, -0.2) is 0 Å². The van der Waals surface area contributed by atoms with Gasteiger partial charge in [-0.3, -0.25) is 19.5 Å². The Morgan fingerprint density at radius 2 is 1.82 bits per heavy atom. The van der Waals surface area contributed by atoms with Gasteiger partial charge in [0.05, 0.1) is 5.92 Å². The molecule has 2 atom stereocenters. The molecule has 0 saturated carbocycles. The van der Waals surface area contributed by atoms with Crippen molar-refractivity contribution in [3.05, 3.63) is 63.9 Å². The number of aromatic nitrogens is 1. The van der Waals surface area contributed by atoms with E-state index >= 15 is 0 Å².